The molecule has 2 nitrogen and oxygen atoms in total. The molecule has 0 aliphatic rings. The Morgan fingerprint density at radius 2 is 1.93 bits per heavy atom. The topological polar surface area (TPSA) is 29.1 Å². The number of carbonyl (C=O) groups is 1. The number of hydrogen-bond donors (Lipinski definition) is 1. The smallest absolute Gasteiger partial charge is 0.315 e. The zero-order valence-electron chi connectivity index (χ0n) is 8.01. The Morgan fingerprint density at radius 3 is 2.47 bits per heavy atom. The van der Waals surface area contributed by atoms with E-state index in [4.69, 9.17) is 0 Å². The average molecular weight is 217 g/mol. The van der Waals surface area contributed by atoms with Gasteiger partial charge >= 0.3 is 6.43 Å². The Hall–Kier alpha value is -1.52. The van der Waals surface area contributed by atoms with Crippen molar-refractivity contribution < 1.29 is 18.0 Å². The van der Waals surface area contributed by atoms with E-state index in [1.54, 1.807) is 6.07 Å². The van der Waals surface area contributed by atoms with Crippen molar-refractivity contribution in [3.63, 3.8) is 0 Å². The molecule has 0 aliphatic heterocycles. The highest BCUT2D eigenvalue weighted by Crippen LogP contribution is 2.16. The first-order valence-electron chi connectivity index (χ1n) is 4.35. The summed E-state index contributed by atoms with van der Waals surface area (Å²) in [6, 6.07) is 4.93. The summed E-state index contributed by atoms with van der Waals surface area (Å²) in [6.45, 7) is 1.44. The lowest BCUT2D eigenvalue weighted by Gasteiger charge is -2.14. The van der Waals surface area contributed by atoms with Gasteiger partial charge in [-0.15, -0.1) is 0 Å². The van der Waals surface area contributed by atoms with Gasteiger partial charge in [0.15, 0.2) is 0 Å². The molecular formula is C10H10F3NO. The third kappa shape index (κ3) is 2.97. The van der Waals surface area contributed by atoms with Gasteiger partial charge in [-0.25, -0.2) is 4.39 Å². The van der Waals surface area contributed by atoms with E-state index in [9.17, 15) is 18.0 Å². The lowest BCUT2D eigenvalue weighted by atomic mass is 10.1. The van der Waals surface area contributed by atoms with Crippen LogP contribution < -0.4 is 5.32 Å². The van der Waals surface area contributed by atoms with Crippen LogP contribution in [0.5, 0.6) is 0 Å². The molecule has 1 atom stereocenters. The van der Waals surface area contributed by atoms with Crippen LogP contribution in [0.1, 0.15) is 18.5 Å². The number of nitrogens with one attached hydrogen (secondary N) is 1. The molecule has 82 valence electrons. The molecule has 0 bridgehead atoms. The maximum absolute atomic E-state index is 13.2. The third-order valence-corrected chi connectivity index (χ3v) is 1.93. The van der Waals surface area contributed by atoms with Gasteiger partial charge in [-0.1, -0.05) is 18.2 Å². The molecule has 1 aromatic carbocycles. The zero-order chi connectivity index (χ0) is 11.4. The molecule has 1 N–H and O–H groups in total. The number of hydrogen-bond acceptors (Lipinski definition) is 1. The SMILES string of the molecule is C[C@@H](NC(=O)C(F)F)c1ccccc1F. The van der Waals surface area contributed by atoms with E-state index in [-0.39, 0.29) is 5.56 Å². The second kappa shape index (κ2) is 4.82. The molecule has 0 heterocycles. The molecule has 0 saturated carbocycles. The van der Waals surface area contributed by atoms with Gasteiger partial charge in [-0.2, -0.15) is 8.78 Å². The van der Waals surface area contributed by atoms with Crippen LogP contribution in [0.15, 0.2) is 24.3 Å². The van der Waals surface area contributed by atoms with E-state index in [1.165, 1.54) is 25.1 Å². The highest BCUT2D eigenvalue weighted by atomic mass is 19.3. The number of carbonyl (C=O) groups excluding carboxylic acids is 1. The molecule has 0 aliphatic carbocycles. The van der Waals surface area contributed by atoms with Crippen molar-refractivity contribution in [1.29, 1.82) is 0 Å². The molecule has 1 rings (SSSR count). The molecule has 0 fully saturated rings. The van der Waals surface area contributed by atoms with Crippen molar-refractivity contribution in [3.05, 3.63) is 35.6 Å². The van der Waals surface area contributed by atoms with Crippen molar-refractivity contribution in [3.8, 4) is 0 Å². The molecular weight excluding hydrogens is 207 g/mol. The molecule has 15 heavy (non-hydrogen) atoms. The van der Waals surface area contributed by atoms with Gasteiger partial charge in [0, 0.05) is 5.56 Å². The van der Waals surface area contributed by atoms with E-state index in [0.717, 1.165) is 0 Å². The highest BCUT2D eigenvalue weighted by Gasteiger charge is 2.19. The number of halogens is 3. The number of amides is 1. The minimum atomic E-state index is -3.08. The first-order chi connectivity index (χ1) is 7.02. The third-order valence-electron chi connectivity index (χ3n) is 1.93. The van der Waals surface area contributed by atoms with Gasteiger partial charge in [-0.3, -0.25) is 4.79 Å². The Kier molecular flexibility index (Phi) is 3.71. The fourth-order valence-electron chi connectivity index (χ4n) is 1.18. The number of benzene rings is 1. The van der Waals surface area contributed by atoms with Gasteiger partial charge in [-0.05, 0) is 13.0 Å². The van der Waals surface area contributed by atoms with E-state index in [0.29, 0.717) is 0 Å². The van der Waals surface area contributed by atoms with Crippen LogP contribution >= 0.6 is 0 Å². The van der Waals surface area contributed by atoms with Gasteiger partial charge in [0.05, 0.1) is 6.04 Å². The molecule has 0 saturated heterocycles. The lowest BCUT2D eigenvalue weighted by molar-refractivity contribution is -0.132. The normalized spacial score (nSPS) is 12.6. The Labute approximate surface area is 85.1 Å². The average Bonchev–Trinajstić information content (AvgIpc) is 2.18. The fourth-order valence-corrected chi connectivity index (χ4v) is 1.18. The molecule has 0 aromatic heterocycles. The van der Waals surface area contributed by atoms with Gasteiger partial charge < -0.3 is 5.32 Å². The molecule has 5 heteroatoms. The van der Waals surface area contributed by atoms with Gasteiger partial charge in [0.1, 0.15) is 5.82 Å². The summed E-state index contributed by atoms with van der Waals surface area (Å²) in [7, 11) is 0. The van der Waals surface area contributed by atoms with Crippen LogP contribution in [0.3, 0.4) is 0 Å². The predicted molar refractivity (Wildman–Crippen MR) is 49.0 cm³/mol. The predicted octanol–water partition coefficient (Wildman–Crippen LogP) is 2.27. The van der Waals surface area contributed by atoms with E-state index < -0.39 is 24.2 Å². The van der Waals surface area contributed by atoms with E-state index in [1.807, 2.05) is 5.32 Å². The summed E-state index contributed by atoms with van der Waals surface area (Å²) in [6.07, 6.45) is -3.08. The van der Waals surface area contributed by atoms with Crippen molar-refractivity contribution >= 4 is 5.91 Å². The Morgan fingerprint density at radius 1 is 1.33 bits per heavy atom. The van der Waals surface area contributed by atoms with Crippen LogP contribution in [-0.4, -0.2) is 12.3 Å². The van der Waals surface area contributed by atoms with Crippen LogP contribution in [0.25, 0.3) is 0 Å². The maximum Gasteiger partial charge on any atom is 0.315 e. The summed E-state index contributed by atoms with van der Waals surface area (Å²) in [5.74, 6) is -1.93. The number of rotatable bonds is 3. The minimum absolute atomic E-state index is 0.187. The molecule has 0 unspecified atom stereocenters. The van der Waals surface area contributed by atoms with Crippen LogP contribution in [0.4, 0.5) is 13.2 Å². The Bertz CT molecular complexity index is 354. The monoisotopic (exact) mass is 217 g/mol. The van der Waals surface area contributed by atoms with Crippen molar-refractivity contribution in [1.82, 2.24) is 5.32 Å². The fraction of sp³-hybridized carbons (Fsp3) is 0.300. The van der Waals surface area contributed by atoms with Gasteiger partial charge in [0.25, 0.3) is 5.91 Å². The summed E-state index contributed by atoms with van der Waals surface area (Å²) < 4.78 is 37.0. The van der Waals surface area contributed by atoms with E-state index in [2.05, 4.69) is 0 Å². The maximum atomic E-state index is 13.2. The lowest BCUT2D eigenvalue weighted by Crippen LogP contribution is -2.32. The van der Waals surface area contributed by atoms with Crippen molar-refractivity contribution in [2.75, 3.05) is 0 Å². The van der Waals surface area contributed by atoms with Crippen molar-refractivity contribution in [2.45, 2.75) is 19.4 Å². The summed E-state index contributed by atoms with van der Waals surface area (Å²) in [4.78, 5) is 10.7. The molecule has 1 amide bonds. The molecule has 0 spiro atoms. The summed E-state index contributed by atoms with van der Waals surface area (Å²) in [5, 5.41) is 2.01. The van der Waals surface area contributed by atoms with Crippen LogP contribution in [0.2, 0.25) is 0 Å². The standard InChI is InChI=1S/C10H10F3NO/c1-6(14-10(15)9(12)13)7-4-2-3-5-8(7)11/h2-6,9H,1H3,(H,14,15)/t6-/m1/s1. The van der Waals surface area contributed by atoms with Crippen LogP contribution in [-0.2, 0) is 4.79 Å². The second-order valence-electron chi connectivity index (χ2n) is 3.05. The number of alkyl halides is 2. The largest absolute Gasteiger partial charge is 0.345 e. The summed E-state index contributed by atoms with van der Waals surface area (Å²) >= 11 is 0. The first kappa shape index (κ1) is 11.6. The second-order valence-corrected chi connectivity index (χ2v) is 3.05. The van der Waals surface area contributed by atoms with E-state index >= 15 is 0 Å². The summed E-state index contributed by atoms with van der Waals surface area (Å²) in [5.41, 5.74) is 0.187. The van der Waals surface area contributed by atoms with Crippen molar-refractivity contribution in [2.24, 2.45) is 0 Å². The quantitative estimate of drug-likeness (QED) is 0.826. The molecule has 1 aromatic rings. The minimum Gasteiger partial charge on any atom is -0.345 e. The van der Waals surface area contributed by atoms with Crippen LogP contribution in [0, 0.1) is 5.82 Å². The first-order valence-corrected chi connectivity index (χ1v) is 4.35. The molecule has 0 radical (unpaired) electrons. The van der Waals surface area contributed by atoms with Gasteiger partial charge in [0.2, 0.25) is 0 Å². The highest BCUT2D eigenvalue weighted by molar-refractivity contribution is 5.79. The Balaban J connectivity index is 2.73. The zero-order valence-corrected chi connectivity index (χ0v) is 8.01.